The minimum Gasteiger partial charge on any atom is -0.371 e. The van der Waals surface area contributed by atoms with Crippen molar-refractivity contribution in [1.29, 1.82) is 5.41 Å². The van der Waals surface area contributed by atoms with E-state index >= 15 is 0 Å². The van der Waals surface area contributed by atoms with E-state index in [1.807, 2.05) is 48.5 Å². The number of benzene rings is 1. The highest BCUT2D eigenvalue weighted by molar-refractivity contribution is 6.09. The molecule has 2 rings (SSSR count). The Labute approximate surface area is 106 Å². The predicted octanol–water partition coefficient (Wildman–Crippen LogP) is 2.07. The number of aliphatic imine (C=N–C) groups is 1. The van der Waals surface area contributed by atoms with E-state index in [1.165, 1.54) is 0 Å². The second-order valence-electron chi connectivity index (χ2n) is 3.64. The lowest BCUT2D eigenvalue weighted by Crippen LogP contribution is -2.22. The Morgan fingerprint density at radius 2 is 1.83 bits per heavy atom. The Morgan fingerprint density at radius 1 is 1.11 bits per heavy atom. The van der Waals surface area contributed by atoms with Crippen LogP contribution in [0.15, 0.2) is 59.7 Å². The molecule has 18 heavy (non-hydrogen) atoms. The summed E-state index contributed by atoms with van der Waals surface area (Å²) in [6.07, 6.45) is 1.70. The maximum atomic E-state index is 7.96. The molecule has 1 aromatic carbocycles. The van der Waals surface area contributed by atoms with E-state index in [2.05, 4.69) is 15.3 Å². The van der Waals surface area contributed by atoms with Gasteiger partial charge in [0.25, 0.3) is 0 Å². The summed E-state index contributed by atoms with van der Waals surface area (Å²) in [6.45, 7) is 0. The molecule has 0 spiro atoms. The highest BCUT2D eigenvalue weighted by Crippen LogP contribution is 2.02. The normalized spacial score (nSPS) is 11.1. The van der Waals surface area contributed by atoms with E-state index < -0.39 is 0 Å². The highest BCUT2D eigenvalue weighted by Gasteiger charge is 2.04. The summed E-state index contributed by atoms with van der Waals surface area (Å²) in [6, 6.07) is 15.0. The summed E-state index contributed by atoms with van der Waals surface area (Å²) in [5, 5.41) is 10.9. The van der Waals surface area contributed by atoms with Crippen molar-refractivity contribution in [2.45, 2.75) is 0 Å². The lowest BCUT2D eigenvalue weighted by molar-refractivity contribution is 1.13. The van der Waals surface area contributed by atoms with Crippen LogP contribution in [-0.2, 0) is 0 Å². The minimum absolute atomic E-state index is 0.214. The molecule has 0 amide bonds. The fraction of sp³-hybridized carbons (Fsp3) is 0.0714. The quantitative estimate of drug-likeness (QED) is 0.621. The first-order valence-corrected chi connectivity index (χ1v) is 5.63. The molecule has 0 radical (unpaired) electrons. The first-order chi connectivity index (χ1) is 8.81. The standard InChI is InChI=1S/C14H14N4/c1-16-14(12-9-5-6-10-17-12)18-13(15)11-7-3-2-4-8-11/h2-10H,1H3,(H2,15,16,18). The van der Waals surface area contributed by atoms with Gasteiger partial charge in [-0.05, 0) is 12.1 Å². The van der Waals surface area contributed by atoms with Crippen LogP contribution in [0.25, 0.3) is 0 Å². The van der Waals surface area contributed by atoms with E-state index in [-0.39, 0.29) is 5.84 Å². The number of nitrogens with one attached hydrogen (secondary N) is 2. The molecule has 4 nitrogen and oxygen atoms in total. The van der Waals surface area contributed by atoms with Gasteiger partial charge in [-0.2, -0.15) is 0 Å². The molecule has 2 aromatic rings. The van der Waals surface area contributed by atoms with E-state index in [9.17, 15) is 0 Å². The van der Waals surface area contributed by atoms with Crippen molar-refractivity contribution in [1.82, 2.24) is 10.3 Å². The zero-order valence-electron chi connectivity index (χ0n) is 10.1. The van der Waals surface area contributed by atoms with Crippen molar-refractivity contribution in [2.75, 3.05) is 7.05 Å². The molecule has 4 heteroatoms. The van der Waals surface area contributed by atoms with Gasteiger partial charge in [-0.1, -0.05) is 36.4 Å². The SMILES string of the molecule is CN/C(=N\C(=N)c1ccccc1)c1ccccn1. The van der Waals surface area contributed by atoms with Crippen molar-refractivity contribution in [3.63, 3.8) is 0 Å². The number of pyridine rings is 1. The minimum atomic E-state index is 0.214. The lowest BCUT2D eigenvalue weighted by atomic mass is 10.2. The molecule has 1 heterocycles. The van der Waals surface area contributed by atoms with Gasteiger partial charge in [0.2, 0.25) is 0 Å². The molecule has 1 aromatic heterocycles. The number of hydrogen-bond donors (Lipinski definition) is 2. The van der Waals surface area contributed by atoms with Crippen LogP contribution in [0, 0.1) is 5.41 Å². The largest absolute Gasteiger partial charge is 0.371 e. The Morgan fingerprint density at radius 3 is 2.44 bits per heavy atom. The molecule has 0 aliphatic heterocycles. The molecular formula is C14H14N4. The van der Waals surface area contributed by atoms with Crippen LogP contribution in [0.1, 0.15) is 11.3 Å². The number of rotatable bonds is 2. The van der Waals surface area contributed by atoms with Gasteiger partial charge < -0.3 is 5.32 Å². The predicted molar refractivity (Wildman–Crippen MR) is 73.1 cm³/mol. The van der Waals surface area contributed by atoms with Gasteiger partial charge in [-0.15, -0.1) is 0 Å². The van der Waals surface area contributed by atoms with Gasteiger partial charge in [0, 0.05) is 18.8 Å². The molecule has 2 N–H and O–H groups in total. The number of hydrogen-bond acceptors (Lipinski definition) is 2. The van der Waals surface area contributed by atoms with Crippen LogP contribution in [-0.4, -0.2) is 23.7 Å². The Kier molecular flexibility index (Phi) is 3.81. The van der Waals surface area contributed by atoms with Crippen molar-refractivity contribution >= 4 is 11.7 Å². The van der Waals surface area contributed by atoms with Crippen LogP contribution in [0.5, 0.6) is 0 Å². The van der Waals surface area contributed by atoms with E-state index in [0.717, 1.165) is 11.3 Å². The average Bonchev–Trinajstić information content (AvgIpc) is 2.46. The second-order valence-corrected chi connectivity index (χ2v) is 3.64. The van der Waals surface area contributed by atoms with Crippen LogP contribution < -0.4 is 5.32 Å². The van der Waals surface area contributed by atoms with Crippen LogP contribution in [0.2, 0.25) is 0 Å². The molecule has 0 aliphatic carbocycles. The average molecular weight is 238 g/mol. The molecule has 0 aliphatic rings. The summed E-state index contributed by atoms with van der Waals surface area (Å²) in [5.41, 5.74) is 1.50. The molecule has 0 fully saturated rings. The van der Waals surface area contributed by atoms with Gasteiger partial charge in [-0.25, -0.2) is 4.99 Å². The van der Waals surface area contributed by atoms with Gasteiger partial charge in [0.05, 0.1) is 0 Å². The van der Waals surface area contributed by atoms with Crippen molar-refractivity contribution < 1.29 is 0 Å². The highest BCUT2D eigenvalue weighted by atomic mass is 15.0. The van der Waals surface area contributed by atoms with Gasteiger partial charge in [0.15, 0.2) is 11.7 Å². The van der Waals surface area contributed by atoms with Crippen molar-refractivity contribution in [3.8, 4) is 0 Å². The fourth-order valence-corrected chi connectivity index (χ4v) is 1.52. The summed E-state index contributed by atoms with van der Waals surface area (Å²) in [4.78, 5) is 8.47. The molecular weight excluding hydrogens is 224 g/mol. The Hall–Kier alpha value is -2.49. The monoisotopic (exact) mass is 238 g/mol. The number of aromatic nitrogens is 1. The summed E-state index contributed by atoms with van der Waals surface area (Å²) in [5.74, 6) is 0.801. The Balaban J connectivity index is 2.29. The number of amidine groups is 2. The molecule has 0 saturated carbocycles. The first kappa shape index (κ1) is 12.0. The smallest absolute Gasteiger partial charge is 0.154 e. The van der Waals surface area contributed by atoms with Crippen LogP contribution >= 0.6 is 0 Å². The van der Waals surface area contributed by atoms with Gasteiger partial charge in [-0.3, -0.25) is 10.4 Å². The summed E-state index contributed by atoms with van der Waals surface area (Å²) < 4.78 is 0. The van der Waals surface area contributed by atoms with Crippen molar-refractivity contribution in [2.24, 2.45) is 4.99 Å². The molecule has 0 saturated heterocycles. The lowest BCUT2D eigenvalue weighted by Gasteiger charge is -2.05. The fourth-order valence-electron chi connectivity index (χ4n) is 1.52. The molecule has 0 unspecified atom stereocenters. The van der Waals surface area contributed by atoms with Crippen LogP contribution in [0.4, 0.5) is 0 Å². The molecule has 0 bridgehead atoms. The maximum absolute atomic E-state index is 7.96. The van der Waals surface area contributed by atoms with E-state index in [0.29, 0.717) is 5.84 Å². The molecule has 90 valence electrons. The van der Waals surface area contributed by atoms with E-state index in [1.54, 1.807) is 13.2 Å². The summed E-state index contributed by atoms with van der Waals surface area (Å²) >= 11 is 0. The zero-order chi connectivity index (χ0) is 12.8. The van der Waals surface area contributed by atoms with E-state index in [4.69, 9.17) is 5.41 Å². The second kappa shape index (κ2) is 5.72. The van der Waals surface area contributed by atoms with Gasteiger partial charge in [0.1, 0.15) is 5.69 Å². The zero-order valence-corrected chi connectivity index (χ0v) is 10.1. The maximum Gasteiger partial charge on any atom is 0.154 e. The molecule has 0 atom stereocenters. The van der Waals surface area contributed by atoms with Crippen molar-refractivity contribution in [3.05, 3.63) is 66.0 Å². The third kappa shape index (κ3) is 2.79. The Bertz CT molecular complexity index is 547. The first-order valence-electron chi connectivity index (χ1n) is 5.63. The third-order valence-corrected chi connectivity index (χ3v) is 2.42. The number of nitrogens with zero attached hydrogens (tertiary/aromatic N) is 2. The van der Waals surface area contributed by atoms with Crippen LogP contribution in [0.3, 0.4) is 0 Å². The summed E-state index contributed by atoms with van der Waals surface area (Å²) in [7, 11) is 1.77. The third-order valence-electron chi connectivity index (χ3n) is 2.42. The van der Waals surface area contributed by atoms with Gasteiger partial charge >= 0.3 is 0 Å². The topological polar surface area (TPSA) is 61.1 Å².